The third-order valence-electron chi connectivity index (χ3n) is 2.39. The van der Waals surface area contributed by atoms with Gasteiger partial charge in [-0.05, 0) is 19.8 Å². The fraction of sp³-hybridized carbons (Fsp3) is 0.700. The number of hydrogen-bond acceptors (Lipinski definition) is 2. The lowest BCUT2D eigenvalue weighted by molar-refractivity contribution is 0.366. The van der Waals surface area contributed by atoms with Gasteiger partial charge in [0.1, 0.15) is 0 Å². The predicted molar refractivity (Wildman–Crippen MR) is 54.7 cm³/mol. The predicted octanol–water partition coefficient (Wildman–Crippen LogP) is 1.70. The summed E-state index contributed by atoms with van der Waals surface area (Å²) in [5, 5.41) is 0. The molecule has 3 heteroatoms. The average molecular weight is 181 g/mol. The maximum Gasteiger partial charge on any atom is 0.0954 e. The molecule has 1 rings (SSSR count). The van der Waals surface area contributed by atoms with Gasteiger partial charge in [-0.2, -0.15) is 0 Å². The Morgan fingerprint density at radius 3 is 2.54 bits per heavy atom. The van der Waals surface area contributed by atoms with Crippen molar-refractivity contribution in [1.82, 2.24) is 9.55 Å². The molecule has 0 radical (unpaired) electrons. The van der Waals surface area contributed by atoms with Crippen LogP contribution in [0.4, 0.5) is 0 Å². The fourth-order valence-electron chi connectivity index (χ4n) is 1.07. The zero-order valence-corrected chi connectivity index (χ0v) is 8.91. The highest BCUT2D eigenvalue weighted by Gasteiger charge is 2.18. The van der Waals surface area contributed by atoms with Crippen LogP contribution in [-0.4, -0.2) is 16.1 Å². The molecule has 0 aliphatic carbocycles. The fourth-order valence-corrected chi connectivity index (χ4v) is 1.07. The van der Waals surface area contributed by atoms with E-state index in [9.17, 15) is 0 Å². The molecule has 0 unspecified atom stereocenters. The van der Waals surface area contributed by atoms with Crippen molar-refractivity contribution in [2.45, 2.75) is 39.2 Å². The van der Waals surface area contributed by atoms with E-state index in [2.05, 4.69) is 43.4 Å². The van der Waals surface area contributed by atoms with Gasteiger partial charge in [0.25, 0.3) is 0 Å². The summed E-state index contributed by atoms with van der Waals surface area (Å²) >= 11 is 0. The topological polar surface area (TPSA) is 43.8 Å². The molecule has 1 aromatic rings. The highest BCUT2D eigenvalue weighted by molar-refractivity contribution is 5.04. The molecule has 0 fully saturated rings. The number of aromatic nitrogens is 2. The van der Waals surface area contributed by atoms with Gasteiger partial charge in [0.05, 0.1) is 17.6 Å². The van der Waals surface area contributed by atoms with Crippen molar-refractivity contribution in [3.63, 3.8) is 0 Å². The Hall–Kier alpha value is -0.830. The van der Waals surface area contributed by atoms with Crippen LogP contribution in [0.2, 0.25) is 0 Å². The highest BCUT2D eigenvalue weighted by Crippen LogP contribution is 2.17. The first kappa shape index (κ1) is 10.3. The van der Waals surface area contributed by atoms with Crippen LogP contribution in [0.3, 0.4) is 0 Å². The van der Waals surface area contributed by atoms with Crippen LogP contribution >= 0.6 is 0 Å². The summed E-state index contributed by atoms with van der Waals surface area (Å²) < 4.78 is 2.09. The normalized spacial score (nSPS) is 12.5. The van der Waals surface area contributed by atoms with E-state index in [0.29, 0.717) is 12.5 Å². The Morgan fingerprint density at radius 2 is 2.15 bits per heavy atom. The molecule has 1 aromatic heterocycles. The third kappa shape index (κ3) is 2.10. The van der Waals surface area contributed by atoms with Gasteiger partial charge in [-0.3, -0.25) is 0 Å². The van der Waals surface area contributed by atoms with Crippen molar-refractivity contribution in [2.24, 2.45) is 5.73 Å². The SMILES string of the molecule is CC(C)c1cn(C(C)(C)CN)cn1. The summed E-state index contributed by atoms with van der Waals surface area (Å²) in [7, 11) is 0. The molecular formula is C10H19N3. The lowest BCUT2D eigenvalue weighted by atomic mass is 10.1. The molecule has 0 spiro atoms. The van der Waals surface area contributed by atoms with E-state index < -0.39 is 0 Å². The van der Waals surface area contributed by atoms with E-state index in [-0.39, 0.29) is 5.54 Å². The molecule has 3 nitrogen and oxygen atoms in total. The van der Waals surface area contributed by atoms with Crippen molar-refractivity contribution in [1.29, 1.82) is 0 Å². The monoisotopic (exact) mass is 181 g/mol. The molecule has 13 heavy (non-hydrogen) atoms. The molecule has 0 saturated heterocycles. The molecule has 0 saturated carbocycles. The Labute approximate surface area is 80.0 Å². The molecule has 0 amide bonds. The average Bonchev–Trinajstić information content (AvgIpc) is 2.52. The van der Waals surface area contributed by atoms with E-state index >= 15 is 0 Å². The molecule has 1 heterocycles. The Balaban J connectivity index is 2.91. The van der Waals surface area contributed by atoms with E-state index in [4.69, 9.17) is 5.73 Å². The van der Waals surface area contributed by atoms with Crippen molar-refractivity contribution in [2.75, 3.05) is 6.54 Å². The molecule has 0 aromatic carbocycles. The quantitative estimate of drug-likeness (QED) is 0.771. The van der Waals surface area contributed by atoms with Crippen LogP contribution in [0.25, 0.3) is 0 Å². The van der Waals surface area contributed by atoms with Crippen molar-refractivity contribution in [3.05, 3.63) is 18.2 Å². The second kappa shape index (κ2) is 3.50. The van der Waals surface area contributed by atoms with Gasteiger partial charge in [0, 0.05) is 12.7 Å². The standard InChI is InChI=1S/C10H19N3/c1-8(2)9-5-13(7-12-9)10(3,4)6-11/h5,7-8H,6,11H2,1-4H3. The number of nitrogens with two attached hydrogens (primary N) is 1. The van der Waals surface area contributed by atoms with Gasteiger partial charge < -0.3 is 10.3 Å². The Kier molecular flexibility index (Phi) is 2.76. The van der Waals surface area contributed by atoms with Crippen LogP contribution in [0.15, 0.2) is 12.5 Å². The maximum absolute atomic E-state index is 5.68. The Morgan fingerprint density at radius 1 is 1.54 bits per heavy atom. The van der Waals surface area contributed by atoms with E-state index in [0.717, 1.165) is 5.69 Å². The number of nitrogens with zero attached hydrogens (tertiary/aromatic N) is 2. The van der Waals surface area contributed by atoms with Crippen molar-refractivity contribution in [3.8, 4) is 0 Å². The number of rotatable bonds is 3. The summed E-state index contributed by atoms with van der Waals surface area (Å²) in [5.74, 6) is 0.481. The van der Waals surface area contributed by atoms with Gasteiger partial charge in [-0.25, -0.2) is 4.98 Å². The van der Waals surface area contributed by atoms with Crippen LogP contribution < -0.4 is 5.73 Å². The van der Waals surface area contributed by atoms with Crippen LogP contribution in [0.5, 0.6) is 0 Å². The van der Waals surface area contributed by atoms with Crippen molar-refractivity contribution < 1.29 is 0 Å². The minimum Gasteiger partial charge on any atom is -0.330 e. The van der Waals surface area contributed by atoms with E-state index in [1.54, 1.807) is 0 Å². The van der Waals surface area contributed by atoms with E-state index in [1.165, 1.54) is 0 Å². The van der Waals surface area contributed by atoms with Gasteiger partial charge in [-0.15, -0.1) is 0 Å². The first-order chi connectivity index (χ1) is 5.97. The Bertz CT molecular complexity index is 273. The van der Waals surface area contributed by atoms with Gasteiger partial charge >= 0.3 is 0 Å². The van der Waals surface area contributed by atoms with Crippen LogP contribution in [-0.2, 0) is 5.54 Å². The van der Waals surface area contributed by atoms with Gasteiger partial charge in [0.2, 0.25) is 0 Å². The second-order valence-electron chi connectivity index (χ2n) is 4.38. The first-order valence-electron chi connectivity index (χ1n) is 4.72. The van der Waals surface area contributed by atoms with Gasteiger partial charge in [-0.1, -0.05) is 13.8 Å². The molecule has 0 aliphatic heterocycles. The third-order valence-corrected chi connectivity index (χ3v) is 2.39. The summed E-state index contributed by atoms with van der Waals surface area (Å²) in [5.41, 5.74) is 6.77. The minimum absolute atomic E-state index is 0.0276. The molecule has 0 bridgehead atoms. The number of hydrogen-bond donors (Lipinski definition) is 1. The lowest BCUT2D eigenvalue weighted by Gasteiger charge is -2.24. The molecule has 0 aliphatic rings. The van der Waals surface area contributed by atoms with Crippen LogP contribution in [0.1, 0.15) is 39.3 Å². The van der Waals surface area contributed by atoms with Gasteiger partial charge in [0.15, 0.2) is 0 Å². The van der Waals surface area contributed by atoms with Crippen LogP contribution in [0, 0.1) is 0 Å². The van der Waals surface area contributed by atoms with E-state index in [1.807, 2.05) is 6.33 Å². The van der Waals surface area contributed by atoms with Crippen molar-refractivity contribution >= 4 is 0 Å². The smallest absolute Gasteiger partial charge is 0.0954 e. The summed E-state index contributed by atoms with van der Waals surface area (Å²) in [6, 6.07) is 0. The summed E-state index contributed by atoms with van der Waals surface area (Å²) in [6.07, 6.45) is 3.94. The molecule has 2 N–H and O–H groups in total. The lowest BCUT2D eigenvalue weighted by Crippen LogP contribution is -2.33. The zero-order valence-electron chi connectivity index (χ0n) is 8.91. The summed E-state index contributed by atoms with van der Waals surface area (Å²) in [4.78, 5) is 4.34. The molecular weight excluding hydrogens is 162 g/mol. The first-order valence-corrected chi connectivity index (χ1v) is 4.72. The molecule has 74 valence electrons. The minimum atomic E-state index is -0.0276. The zero-order chi connectivity index (χ0) is 10.1. The highest BCUT2D eigenvalue weighted by atomic mass is 15.1. The number of imidazole rings is 1. The molecule has 0 atom stereocenters. The second-order valence-corrected chi connectivity index (χ2v) is 4.38. The summed E-state index contributed by atoms with van der Waals surface area (Å²) in [6.45, 7) is 9.13. The maximum atomic E-state index is 5.68. The largest absolute Gasteiger partial charge is 0.330 e.